The molecule has 1 aromatic carbocycles. The molecule has 1 fully saturated rings. The van der Waals surface area contributed by atoms with E-state index in [1.165, 1.54) is 6.07 Å². The maximum atomic E-state index is 13.8. The van der Waals surface area contributed by atoms with Gasteiger partial charge < -0.3 is 15.5 Å². The predicted molar refractivity (Wildman–Crippen MR) is 152 cm³/mol. The summed E-state index contributed by atoms with van der Waals surface area (Å²) in [6.45, 7) is 5.45. The maximum Gasteiger partial charge on any atom is 0.261 e. The molecule has 8 nitrogen and oxygen atoms in total. The van der Waals surface area contributed by atoms with Crippen molar-refractivity contribution in [3.8, 4) is 21.9 Å². The monoisotopic (exact) mass is 615 g/mol. The molecule has 2 amide bonds. The lowest BCUT2D eigenvalue weighted by atomic mass is 9.77. The minimum atomic E-state index is -2.74. The molecule has 0 radical (unpaired) electrons. The van der Waals surface area contributed by atoms with Crippen LogP contribution in [-0.4, -0.2) is 32.9 Å². The van der Waals surface area contributed by atoms with E-state index in [1.807, 2.05) is 13.8 Å². The summed E-state index contributed by atoms with van der Waals surface area (Å²) in [4.78, 5) is 31.6. The van der Waals surface area contributed by atoms with Crippen molar-refractivity contribution in [3.05, 3.63) is 75.2 Å². The number of aromatic nitrogens is 3. The Morgan fingerprint density at radius 3 is 2.44 bits per heavy atom. The summed E-state index contributed by atoms with van der Waals surface area (Å²) in [5, 5.41) is 10.8. The number of hydrogen-bond acceptors (Lipinski definition) is 7. The van der Waals surface area contributed by atoms with Crippen molar-refractivity contribution in [1.82, 2.24) is 20.5 Å². The van der Waals surface area contributed by atoms with E-state index in [4.69, 9.17) is 15.1 Å². The first-order chi connectivity index (χ1) is 20.3. The number of hydrogen-bond donors (Lipinski definition) is 2. The first-order valence-corrected chi connectivity index (χ1v) is 14.5. The van der Waals surface area contributed by atoms with E-state index in [2.05, 4.69) is 15.5 Å². The van der Waals surface area contributed by atoms with Crippen molar-refractivity contribution in [3.63, 3.8) is 0 Å². The number of amides is 2. The second-order valence-electron chi connectivity index (χ2n) is 11.1. The molecule has 1 aliphatic carbocycles. The van der Waals surface area contributed by atoms with Crippen molar-refractivity contribution < 1.29 is 31.6 Å². The molecule has 3 aromatic heterocycles. The van der Waals surface area contributed by atoms with Gasteiger partial charge in [-0.2, -0.15) is 0 Å². The van der Waals surface area contributed by atoms with E-state index in [0.29, 0.717) is 39.4 Å². The number of carbonyl (C=O) groups is 2. The fourth-order valence-electron chi connectivity index (χ4n) is 5.23. The number of aryl methyl sites for hydroxylation is 1. The van der Waals surface area contributed by atoms with Gasteiger partial charge >= 0.3 is 0 Å². The van der Waals surface area contributed by atoms with Crippen LogP contribution in [0, 0.1) is 30.4 Å². The van der Waals surface area contributed by atoms with Crippen molar-refractivity contribution >= 4 is 23.2 Å². The van der Waals surface area contributed by atoms with Gasteiger partial charge in [-0.25, -0.2) is 17.6 Å². The van der Waals surface area contributed by atoms with E-state index >= 15 is 0 Å². The third-order valence-corrected chi connectivity index (χ3v) is 8.21. The Hall–Kier alpha value is -4.13. The molecular formula is C30H29F4N5O3S. The average molecular weight is 616 g/mol. The maximum absolute atomic E-state index is 13.8. The molecule has 0 atom stereocenters. The van der Waals surface area contributed by atoms with Gasteiger partial charge in [-0.15, -0.1) is 21.5 Å². The van der Waals surface area contributed by atoms with Crippen LogP contribution in [0.15, 0.2) is 34.7 Å². The third-order valence-electron chi connectivity index (χ3n) is 7.10. The van der Waals surface area contributed by atoms with E-state index in [-0.39, 0.29) is 59.9 Å². The van der Waals surface area contributed by atoms with E-state index in [1.54, 1.807) is 19.1 Å². The summed E-state index contributed by atoms with van der Waals surface area (Å²) in [5.41, 5.74) is 7.92. The third kappa shape index (κ3) is 6.61. The molecule has 1 saturated carbocycles. The average Bonchev–Trinajstić information content (AvgIpc) is 3.56. The molecule has 43 heavy (non-hydrogen) atoms. The molecule has 0 spiro atoms. The number of alkyl halides is 2. The molecular weight excluding hydrogens is 586 g/mol. The summed E-state index contributed by atoms with van der Waals surface area (Å²) in [5.74, 6) is -5.95. The summed E-state index contributed by atoms with van der Waals surface area (Å²) in [6, 6.07) is 6.55. The fourth-order valence-corrected chi connectivity index (χ4v) is 6.21. The van der Waals surface area contributed by atoms with E-state index in [9.17, 15) is 27.2 Å². The van der Waals surface area contributed by atoms with Gasteiger partial charge in [-0.05, 0) is 54.5 Å². The molecule has 1 aliphatic rings. The molecule has 3 heterocycles. The highest BCUT2D eigenvalue weighted by Crippen LogP contribution is 2.47. The standard InChI is InChI=1S/C30H29F4N5O3S/c1-14(2)8-20-24(27(35)40)26(22-6-7-23(43-22)28(41)36-13-16-4-5-18(31)19(32)9-16)25(29-39-38-15(3)42-29)21(37-20)10-17-11-30(33,34)12-17/h4-7,9,14,17H,8,10-13H2,1-3H3,(H2,35,40)(H,36,41). The topological polar surface area (TPSA) is 124 Å². The zero-order chi connectivity index (χ0) is 31.1. The van der Waals surface area contributed by atoms with Crippen LogP contribution in [0.3, 0.4) is 0 Å². The lowest BCUT2D eigenvalue weighted by Gasteiger charge is -2.35. The highest BCUT2D eigenvalue weighted by molar-refractivity contribution is 7.17. The second kappa shape index (κ2) is 11.9. The first kappa shape index (κ1) is 30.3. The lowest BCUT2D eigenvalue weighted by molar-refractivity contribution is -0.109. The van der Waals surface area contributed by atoms with Gasteiger partial charge in [0.15, 0.2) is 11.6 Å². The van der Waals surface area contributed by atoms with Crippen LogP contribution >= 0.6 is 11.3 Å². The molecule has 4 aromatic rings. The van der Waals surface area contributed by atoms with Gasteiger partial charge in [0.2, 0.25) is 17.7 Å². The number of pyridine rings is 1. The van der Waals surface area contributed by atoms with Crippen molar-refractivity contribution in [2.45, 2.75) is 58.9 Å². The Balaban J connectivity index is 1.59. The normalized spacial score (nSPS) is 14.6. The molecule has 0 saturated heterocycles. The van der Waals surface area contributed by atoms with Gasteiger partial charge in [-0.3, -0.25) is 14.6 Å². The van der Waals surface area contributed by atoms with Crippen LogP contribution in [0.1, 0.15) is 69.6 Å². The Bertz CT molecular complexity index is 1690. The van der Waals surface area contributed by atoms with E-state index < -0.39 is 29.4 Å². The summed E-state index contributed by atoms with van der Waals surface area (Å²) in [7, 11) is 0. The Morgan fingerprint density at radius 2 is 1.84 bits per heavy atom. The summed E-state index contributed by atoms with van der Waals surface area (Å²) >= 11 is 1.07. The number of nitrogens with zero attached hydrogens (tertiary/aromatic N) is 3. The zero-order valence-corrected chi connectivity index (χ0v) is 24.5. The number of nitrogens with two attached hydrogens (primary N) is 1. The summed E-state index contributed by atoms with van der Waals surface area (Å²) in [6.07, 6.45) is 0.000969. The van der Waals surface area contributed by atoms with Gasteiger partial charge in [0.25, 0.3) is 11.8 Å². The second-order valence-corrected chi connectivity index (χ2v) is 12.2. The van der Waals surface area contributed by atoms with E-state index in [0.717, 1.165) is 23.5 Å². The largest absolute Gasteiger partial charge is 0.421 e. The molecule has 0 aliphatic heterocycles. The zero-order valence-electron chi connectivity index (χ0n) is 23.6. The Kier molecular flexibility index (Phi) is 8.37. The number of rotatable bonds is 10. The molecule has 5 rings (SSSR count). The molecule has 0 unspecified atom stereocenters. The number of nitrogens with one attached hydrogen (secondary N) is 1. The van der Waals surface area contributed by atoms with Crippen molar-refractivity contribution in [2.24, 2.45) is 17.6 Å². The summed E-state index contributed by atoms with van der Waals surface area (Å²) < 4.78 is 60.2. The highest BCUT2D eigenvalue weighted by Gasteiger charge is 2.45. The van der Waals surface area contributed by atoms with Gasteiger partial charge in [0, 0.05) is 36.8 Å². The number of halogens is 4. The van der Waals surface area contributed by atoms with Crippen LogP contribution in [0.4, 0.5) is 17.6 Å². The van der Waals surface area contributed by atoms with Crippen LogP contribution < -0.4 is 11.1 Å². The smallest absolute Gasteiger partial charge is 0.261 e. The van der Waals surface area contributed by atoms with Crippen LogP contribution in [-0.2, 0) is 19.4 Å². The Labute approximate surface area is 248 Å². The van der Waals surface area contributed by atoms with Crippen LogP contribution in [0.25, 0.3) is 21.9 Å². The SMILES string of the molecule is Cc1nnc(-c2c(CC3CC(F)(F)C3)nc(CC(C)C)c(C(N)=O)c2-c2ccc(C(=O)NCc3ccc(F)c(F)c3)s2)o1. The molecule has 3 N–H and O–H groups in total. The van der Waals surface area contributed by atoms with Crippen LogP contribution in [0.2, 0.25) is 0 Å². The number of benzene rings is 1. The number of primary amides is 1. The minimum absolute atomic E-state index is 0.0493. The number of carbonyl (C=O) groups excluding carboxylic acids is 2. The lowest BCUT2D eigenvalue weighted by Crippen LogP contribution is -2.36. The van der Waals surface area contributed by atoms with Crippen molar-refractivity contribution in [2.75, 3.05) is 0 Å². The fraction of sp³-hybridized carbons (Fsp3) is 0.367. The van der Waals surface area contributed by atoms with Crippen molar-refractivity contribution in [1.29, 1.82) is 0 Å². The highest BCUT2D eigenvalue weighted by atomic mass is 32.1. The van der Waals surface area contributed by atoms with Crippen LogP contribution in [0.5, 0.6) is 0 Å². The molecule has 0 bridgehead atoms. The number of thiophene rings is 1. The quantitative estimate of drug-likeness (QED) is 0.203. The first-order valence-electron chi connectivity index (χ1n) is 13.7. The molecule has 226 valence electrons. The minimum Gasteiger partial charge on any atom is -0.421 e. The Morgan fingerprint density at radius 1 is 1.09 bits per heavy atom. The predicted octanol–water partition coefficient (Wildman–Crippen LogP) is 6.26. The van der Waals surface area contributed by atoms with Gasteiger partial charge in [0.1, 0.15) is 0 Å². The van der Waals surface area contributed by atoms with Gasteiger partial charge in [-0.1, -0.05) is 19.9 Å². The van der Waals surface area contributed by atoms with Gasteiger partial charge in [0.05, 0.1) is 27.4 Å². The molecule has 13 heteroatoms.